The Kier molecular flexibility index (Phi) is 9.25. The molecule has 4 heteroatoms. The molecule has 0 saturated carbocycles. The molecule has 0 unspecified atom stereocenters. The molecule has 1 N–H and O–H groups in total. The molecule has 0 aromatic carbocycles. The summed E-state index contributed by atoms with van der Waals surface area (Å²) in [4.78, 5) is 5.11. The molecule has 0 amide bonds. The lowest BCUT2D eigenvalue weighted by Gasteiger charge is -2.12. The number of hydrogen-bond donors (Lipinski definition) is 1. The van der Waals surface area contributed by atoms with Crippen molar-refractivity contribution < 1.29 is 4.84 Å². The first-order chi connectivity index (χ1) is 8.24. The van der Waals surface area contributed by atoms with Crippen LogP contribution in [0.1, 0.15) is 20.3 Å². The Bertz CT molecular complexity index is 319. The number of halogens is 1. The third-order valence-corrected chi connectivity index (χ3v) is 2.23. The molecule has 0 aromatic heterocycles. The first-order valence-electron chi connectivity index (χ1n) is 5.71. The van der Waals surface area contributed by atoms with Gasteiger partial charge in [-0.2, -0.15) is 0 Å². The van der Waals surface area contributed by atoms with Gasteiger partial charge >= 0.3 is 0 Å². The zero-order valence-electron chi connectivity index (χ0n) is 10.8. The lowest BCUT2D eigenvalue weighted by Crippen LogP contribution is -2.15. The number of allylic oxidation sites excluding steroid dienone is 4. The fourth-order valence-electron chi connectivity index (χ4n) is 1.33. The van der Waals surface area contributed by atoms with Crippen molar-refractivity contribution in [1.29, 1.82) is 0 Å². The van der Waals surface area contributed by atoms with Crippen LogP contribution in [0.15, 0.2) is 41.2 Å². The zero-order chi connectivity index (χ0) is 13.1. The van der Waals surface area contributed by atoms with Crippen molar-refractivity contribution >= 4 is 17.3 Å². The van der Waals surface area contributed by atoms with Gasteiger partial charge in [0.25, 0.3) is 0 Å². The van der Waals surface area contributed by atoms with Crippen LogP contribution in [-0.2, 0) is 4.84 Å². The number of nitrogens with zero attached hydrogens (tertiary/aromatic N) is 1. The third kappa shape index (κ3) is 5.59. The van der Waals surface area contributed by atoms with Crippen LogP contribution >= 0.6 is 11.6 Å². The summed E-state index contributed by atoms with van der Waals surface area (Å²) in [6, 6.07) is 0. The predicted octanol–water partition coefficient (Wildman–Crippen LogP) is 3.24. The lowest BCUT2D eigenvalue weighted by atomic mass is 10.0. The molecule has 17 heavy (non-hydrogen) atoms. The van der Waals surface area contributed by atoms with Crippen molar-refractivity contribution in [2.75, 3.05) is 19.5 Å². The Morgan fingerprint density at radius 2 is 2.18 bits per heavy atom. The van der Waals surface area contributed by atoms with E-state index in [-0.39, 0.29) is 0 Å². The van der Waals surface area contributed by atoms with Gasteiger partial charge in [-0.25, -0.2) is 0 Å². The smallest absolute Gasteiger partial charge is 0.114 e. The Morgan fingerprint density at radius 3 is 2.59 bits per heavy atom. The third-order valence-electron chi connectivity index (χ3n) is 2.07. The van der Waals surface area contributed by atoms with Gasteiger partial charge in [-0.15, -0.1) is 11.6 Å². The summed E-state index contributed by atoms with van der Waals surface area (Å²) in [6.45, 7) is 8.20. The fourth-order valence-corrected chi connectivity index (χ4v) is 1.48. The first kappa shape index (κ1) is 15.8. The van der Waals surface area contributed by atoms with Gasteiger partial charge < -0.3 is 10.2 Å². The summed E-state index contributed by atoms with van der Waals surface area (Å²) in [7, 11) is 1.85. The highest BCUT2D eigenvalue weighted by molar-refractivity contribution is 6.19. The number of nitrogens with one attached hydrogen (secondary N) is 1. The summed E-state index contributed by atoms with van der Waals surface area (Å²) in [5.74, 6) is 0.441. The van der Waals surface area contributed by atoms with Crippen molar-refractivity contribution in [3.63, 3.8) is 0 Å². The van der Waals surface area contributed by atoms with E-state index in [4.69, 9.17) is 16.4 Å². The molecule has 0 spiro atoms. The quantitative estimate of drug-likeness (QED) is 0.313. The molecule has 0 rings (SSSR count). The van der Waals surface area contributed by atoms with Gasteiger partial charge in [0, 0.05) is 24.2 Å². The van der Waals surface area contributed by atoms with Crippen LogP contribution in [0.3, 0.4) is 0 Å². The van der Waals surface area contributed by atoms with Crippen LogP contribution in [0.5, 0.6) is 0 Å². The summed E-state index contributed by atoms with van der Waals surface area (Å²) in [5, 5.41) is 7.21. The minimum Gasteiger partial charge on any atom is -0.396 e. The molecule has 0 bridgehead atoms. The summed E-state index contributed by atoms with van der Waals surface area (Å²) in [6.07, 6.45) is 6.30. The maximum atomic E-state index is 5.73. The van der Waals surface area contributed by atoms with E-state index < -0.39 is 0 Å². The maximum Gasteiger partial charge on any atom is 0.114 e. The highest BCUT2D eigenvalue weighted by Gasteiger charge is 2.09. The van der Waals surface area contributed by atoms with Crippen molar-refractivity contribution in [3.05, 3.63) is 36.1 Å². The Morgan fingerprint density at radius 1 is 1.47 bits per heavy atom. The second-order valence-electron chi connectivity index (χ2n) is 3.15. The number of hydrogen-bond acceptors (Lipinski definition) is 3. The molecule has 0 heterocycles. The summed E-state index contributed by atoms with van der Waals surface area (Å²) < 4.78 is 0. The molecular weight excluding hydrogens is 236 g/mol. The van der Waals surface area contributed by atoms with Crippen molar-refractivity contribution in [1.82, 2.24) is 5.32 Å². The van der Waals surface area contributed by atoms with E-state index in [1.807, 2.05) is 33.0 Å². The minimum atomic E-state index is 0.441. The van der Waals surface area contributed by atoms with E-state index in [9.17, 15) is 0 Å². The average Bonchev–Trinajstić information content (AvgIpc) is 2.35. The standard InChI is InChI=1S/C13H21ClN2O/c1-5-8-11(13(15-4)9-10-14)12(6-2)16-17-7-3/h5,8-9,15H,1,6-7,10H2,2-4H3/b11-8-,13-9+,16-12+. The van der Waals surface area contributed by atoms with E-state index >= 15 is 0 Å². The summed E-state index contributed by atoms with van der Waals surface area (Å²) in [5.41, 5.74) is 2.76. The van der Waals surface area contributed by atoms with Crippen LogP contribution in [0.25, 0.3) is 0 Å². The molecule has 0 aliphatic carbocycles. The monoisotopic (exact) mass is 256 g/mol. The van der Waals surface area contributed by atoms with Gasteiger partial charge in [-0.3, -0.25) is 0 Å². The minimum absolute atomic E-state index is 0.441. The summed E-state index contributed by atoms with van der Waals surface area (Å²) >= 11 is 5.73. The van der Waals surface area contributed by atoms with Crippen LogP contribution in [-0.4, -0.2) is 25.2 Å². The van der Waals surface area contributed by atoms with E-state index in [1.54, 1.807) is 6.08 Å². The second kappa shape index (κ2) is 9.97. The normalized spacial score (nSPS) is 13.5. The number of oxime groups is 1. The zero-order valence-corrected chi connectivity index (χ0v) is 11.5. The largest absolute Gasteiger partial charge is 0.396 e. The Hall–Kier alpha value is -1.22. The van der Waals surface area contributed by atoms with E-state index in [0.29, 0.717) is 12.5 Å². The highest BCUT2D eigenvalue weighted by Crippen LogP contribution is 2.13. The van der Waals surface area contributed by atoms with Gasteiger partial charge in [0.05, 0.1) is 5.71 Å². The van der Waals surface area contributed by atoms with Crippen molar-refractivity contribution in [2.24, 2.45) is 5.16 Å². The van der Waals surface area contributed by atoms with Crippen LogP contribution < -0.4 is 5.32 Å². The predicted molar refractivity (Wildman–Crippen MR) is 75.5 cm³/mol. The van der Waals surface area contributed by atoms with Crippen LogP contribution in [0.4, 0.5) is 0 Å². The molecule has 0 fully saturated rings. The SMILES string of the molecule is C=C/C=C(C(=C/CCl)\NC)/C(CC)=N/OCC. The molecular formula is C13H21ClN2O. The van der Waals surface area contributed by atoms with Gasteiger partial charge in [-0.1, -0.05) is 30.8 Å². The molecule has 0 radical (unpaired) electrons. The fraction of sp³-hybridized carbons (Fsp3) is 0.462. The highest BCUT2D eigenvalue weighted by atomic mass is 35.5. The lowest BCUT2D eigenvalue weighted by molar-refractivity contribution is 0.158. The molecule has 3 nitrogen and oxygen atoms in total. The molecule has 96 valence electrons. The molecule has 0 saturated heterocycles. The van der Waals surface area contributed by atoms with Gasteiger partial charge in [0.1, 0.15) is 6.61 Å². The molecule has 0 aliphatic rings. The van der Waals surface area contributed by atoms with Crippen LogP contribution in [0, 0.1) is 0 Å². The Labute approximate surface area is 109 Å². The number of rotatable bonds is 8. The molecule has 0 aromatic rings. The van der Waals surface area contributed by atoms with Gasteiger partial charge in [-0.05, 0) is 19.4 Å². The number of alkyl halides is 1. The first-order valence-corrected chi connectivity index (χ1v) is 6.24. The van der Waals surface area contributed by atoms with Crippen molar-refractivity contribution in [3.8, 4) is 0 Å². The van der Waals surface area contributed by atoms with E-state index in [2.05, 4.69) is 17.1 Å². The average molecular weight is 257 g/mol. The van der Waals surface area contributed by atoms with Crippen molar-refractivity contribution in [2.45, 2.75) is 20.3 Å². The van der Waals surface area contributed by atoms with Gasteiger partial charge in [0.2, 0.25) is 0 Å². The van der Waals surface area contributed by atoms with Crippen LogP contribution in [0.2, 0.25) is 0 Å². The van der Waals surface area contributed by atoms with E-state index in [0.717, 1.165) is 23.4 Å². The second-order valence-corrected chi connectivity index (χ2v) is 3.46. The topological polar surface area (TPSA) is 33.6 Å². The van der Waals surface area contributed by atoms with E-state index in [1.165, 1.54) is 0 Å². The Balaban J connectivity index is 5.26. The van der Waals surface area contributed by atoms with Gasteiger partial charge in [0.15, 0.2) is 0 Å². The number of likely N-dealkylation sites (N-methyl/N-ethyl adjacent to an activating group) is 1. The molecule has 0 aliphatic heterocycles. The maximum absolute atomic E-state index is 5.73. The molecule has 0 atom stereocenters.